The van der Waals surface area contributed by atoms with Gasteiger partial charge in [-0.05, 0) is 82.7 Å². The van der Waals surface area contributed by atoms with Gasteiger partial charge in [0.25, 0.3) is 0 Å². The van der Waals surface area contributed by atoms with Gasteiger partial charge < -0.3 is 19.7 Å². The Bertz CT molecular complexity index is 1070. The Labute approximate surface area is 203 Å². The molecule has 1 aromatic heterocycles. The van der Waals surface area contributed by atoms with Crippen LogP contribution < -0.4 is 10.1 Å². The Morgan fingerprint density at radius 2 is 2.00 bits per heavy atom. The van der Waals surface area contributed by atoms with Gasteiger partial charge in [0.2, 0.25) is 5.88 Å². The van der Waals surface area contributed by atoms with Crippen molar-refractivity contribution in [1.29, 1.82) is 0 Å². The minimum Gasteiger partial charge on any atom is -0.477 e. The average Bonchev–Trinajstić information content (AvgIpc) is 3.47. The normalized spacial score (nSPS) is 24.6. The van der Waals surface area contributed by atoms with Gasteiger partial charge >= 0.3 is 6.09 Å². The quantitative estimate of drug-likeness (QED) is 0.503. The van der Waals surface area contributed by atoms with Crippen molar-refractivity contribution in [2.24, 2.45) is 5.92 Å². The molecule has 1 aromatic carbocycles. The van der Waals surface area contributed by atoms with E-state index in [2.05, 4.69) is 15.3 Å². The summed E-state index contributed by atoms with van der Waals surface area (Å²) >= 11 is 1.49. The van der Waals surface area contributed by atoms with E-state index in [1.807, 2.05) is 31.1 Å². The van der Waals surface area contributed by atoms with Crippen LogP contribution in [0.2, 0.25) is 0 Å². The molecule has 3 aliphatic rings. The second kappa shape index (κ2) is 9.24. The Morgan fingerprint density at radius 3 is 2.65 bits per heavy atom. The lowest BCUT2D eigenvalue weighted by atomic mass is 9.91. The van der Waals surface area contributed by atoms with Crippen molar-refractivity contribution in [2.45, 2.75) is 75.0 Å². The fourth-order valence-corrected chi connectivity index (χ4v) is 5.44. The summed E-state index contributed by atoms with van der Waals surface area (Å²) in [5, 5.41) is 3.06. The summed E-state index contributed by atoms with van der Waals surface area (Å²) in [6.07, 6.45) is 8.98. The molecule has 2 bridgehead atoms. The summed E-state index contributed by atoms with van der Waals surface area (Å²) in [4.78, 5) is 24.1. The number of nitrogens with one attached hydrogen (secondary N) is 1. The van der Waals surface area contributed by atoms with Crippen LogP contribution in [-0.4, -0.2) is 51.5 Å². The first kappa shape index (κ1) is 23.2. The number of fused-ring (bicyclic) bond motifs is 2. The molecule has 5 rings (SSSR count). The van der Waals surface area contributed by atoms with E-state index in [9.17, 15) is 9.18 Å². The number of rotatable bonds is 7. The number of hydrogen-bond acceptors (Lipinski definition) is 7. The van der Waals surface area contributed by atoms with Crippen LogP contribution in [0.4, 0.5) is 20.7 Å². The molecule has 2 saturated heterocycles. The summed E-state index contributed by atoms with van der Waals surface area (Å²) in [5.41, 5.74) is 0.853. The monoisotopic (exact) mass is 486 g/mol. The molecule has 2 atom stereocenters. The van der Waals surface area contributed by atoms with E-state index >= 15 is 0 Å². The molecule has 3 fully saturated rings. The molecule has 34 heavy (non-hydrogen) atoms. The molecule has 2 unspecified atom stereocenters. The van der Waals surface area contributed by atoms with Crippen LogP contribution in [0.3, 0.4) is 0 Å². The molecule has 9 heteroatoms. The van der Waals surface area contributed by atoms with E-state index < -0.39 is 0 Å². The van der Waals surface area contributed by atoms with Crippen LogP contribution in [0, 0.1) is 18.7 Å². The number of piperidine rings is 1. The zero-order chi connectivity index (χ0) is 23.9. The molecule has 3 heterocycles. The molecular formula is C25H31FN4O3S. The number of hydrogen-bond donors (Lipinski definition) is 1. The molecule has 2 aromatic rings. The lowest BCUT2D eigenvalue weighted by Gasteiger charge is -2.38. The van der Waals surface area contributed by atoms with Gasteiger partial charge in [-0.15, -0.1) is 11.8 Å². The van der Waals surface area contributed by atoms with Gasteiger partial charge in [-0.25, -0.2) is 19.2 Å². The number of ether oxygens (including phenoxy) is 2. The summed E-state index contributed by atoms with van der Waals surface area (Å²) < 4.78 is 26.3. The number of anilines is 2. The maximum Gasteiger partial charge on any atom is 0.410 e. The van der Waals surface area contributed by atoms with Gasteiger partial charge in [-0.1, -0.05) is 0 Å². The summed E-state index contributed by atoms with van der Waals surface area (Å²) in [6.45, 7) is 4.41. The third kappa shape index (κ3) is 4.80. The highest BCUT2D eigenvalue weighted by molar-refractivity contribution is 7.98. The Kier molecular flexibility index (Phi) is 6.31. The predicted octanol–water partition coefficient (Wildman–Crippen LogP) is 5.70. The van der Waals surface area contributed by atoms with Crippen molar-refractivity contribution in [3.63, 3.8) is 0 Å². The molecule has 1 amide bonds. The van der Waals surface area contributed by atoms with Crippen LogP contribution >= 0.6 is 11.8 Å². The maximum absolute atomic E-state index is 14.4. The Balaban J connectivity index is 1.20. The molecule has 7 nitrogen and oxygen atoms in total. The lowest BCUT2D eigenvalue weighted by Crippen LogP contribution is -2.48. The van der Waals surface area contributed by atoms with Crippen LogP contribution in [0.15, 0.2) is 29.4 Å². The van der Waals surface area contributed by atoms with E-state index in [0.717, 1.165) is 49.0 Å². The highest BCUT2D eigenvalue weighted by atomic mass is 32.2. The minimum absolute atomic E-state index is 0.146. The van der Waals surface area contributed by atoms with Crippen molar-refractivity contribution in [3.05, 3.63) is 35.9 Å². The number of nitrogens with zero attached hydrogens (tertiary/aromatic N) is 3. The van der Waals surface area contributed by atoms with Crippen LogP contribution in [0.5, 0.6) is 5.88 Å². The van der Waals surface area contributed by atoms with Gasteiger partial charge in [0.1, 0.15) is 23.6 Å². The van der Waals surface area contributed by atoms with Gasteiger partial charge in [0.15, 0.2) is 0 Å². The number of amides is 1. The SMILES string of the molecule is CSc1ccc(Nc2ncnc(OCC3CC4CCC(C3)N4C(=O)OC3(C)CC3)c2C)c(F)c1. The number of benzene rings is 1. The van der Waals surface area contributed by atoms with Crippen molar-refractivity contribution in [2.75, 3.05) is 18.2 Å². The van der Waals surface area contributed by atoms with Gasteiger partial charge in [-0.3, -0.25) is 0 Å². The summed E-state index contributed by atoms with van der Waals surface area (Å²) in [5.74, 6) is 1.03. The maximum atomic E-state index is 14.4. The van der Waals surface area contributed by atoms with E-state index in [1.54, 1.807) is 6.07 Å². The van der Waals surface area contributed by atoms with Crippen molar-refractivity contribution < 1.29 is 18.7 Å². The van der Waals surface area contributed by atoms with Crippen molar-refractivity contribution in [1.82, 2.24) is 14.9 Å². The van der Waals surface area contributed by atoms with E-state index in [0.29, 0.717) is 29.9 Å². The molecule has 1 aliphatic carbocycles. The fraction of sp³-hybridized carbons (Fsp3) is 0.560. The second-order valence-electron chi connectivity index (χ2n) is 9.88. The molecule has 1 N–H and O–H groups in total. The van der Waals surface area contributed by atoms with Crippen molar-refractivity contribution >= 4 is 29.4 Å². The third-order valence-electron chi connectivity index (χ3n) is 7.25. The smallest absolute Gasteiger partial charge is 0.410 e. The summed E-state index contributed by atoms with van der Waals surface area (Å²) in [6, 6.07) is 5.52. The van der Waals surface area contributed by atoms with Gasteiger partial charge in [-0.2, -0.15) is 0 Å². The first-order valence-corrected chi connectivity index (χ1v) is 13.1. The molecule has 0 radical (unpaired) electrons. The topological polar surface area (TPSA) is 76.6 Å². The van der Waals surface area contributed by atoms with Gasteiger partial charge in [0.05, 0.1) is 17.9 Å². The first-order chi connectivity index (χ1) is 16.3. The number of thioether (sulfide) groups is 1. The lowest BCUT2D eigenvalue weighted by molar-refractivity contribution is 0.0219. The fourth-order valence-electron chi connectivity index (χ4n) is 5.02. The number of carbonyl (C=O) groups excluding carboxylic acids is 1. The zero-order valence-electron chi connectivity index (χ0n) is 19.8. The Hall–Kier alpha value is -2.55. The standard InChI is InChI=1S/C25H31FN4O3S/c1-15-22(29-21-7-6-19(34-3)12-20(21)26)27-14-28-23(15)32-13-16-10-17-4-5-18(11-16)30(17)24(31)33-25(2)8-9-25/h6-7,12,14,16-18H,4-5,8-11,13H2,1-3H3,(H,27,28,29). The number of aromatic nitrogens is 2. The van der Waals surface area contributed by atoms with Gasteiger partial charge in [0, 0.05) is 17.0 Å². The second-order valence-corrected chi connectivity index (χ2v) is 10.8. The van der Waals surface area contributed by atoms with E-state index in [-0.39, 0.29) is 29.6 Å². The number of carbonyl (C=O) groups is 1. The largest absolute Gasteiger partial charge is 0.477 e. The highest BCUT2D eigenvalue weighted by Gasteiger charge is 2.48. The Morgan fingerprint density at radius 1 is 1.26 bits per heavy atom. The molecule has 2 aliphatic heterocycles. The molecule has 0 spiro atoms. The molecule has 182 valence electrons. The zero-order valence-corrected chi connectivity index (χ0v) is 20.7. The highest BCUT2D eigenvalue weighted by Crippen LogP contribution is 2.43. The first-order valence-electron chi connectivity index (χ1n) is 11.9. The van der Waals surface area contributed by atoms with Crippen LogP contribution in [0.25, 0.3) is 0 Å². The van der Waals surface area contributed by atoms with Crippen LogP contribution in [0.1, 0.15) is 51.0 Å². The minimum atomic E-state index is -0.330. The predicted molar refractivity (Wildman–Crippen MR) is 129 cm³/mol. The average molecular weight is 487 g/mol. The van der Waals surface area contributed by atoms with E-state index in [4.69, 9.17) is 9.47 Å². The summed E-state index contributed by atoms with van der Waals surface area (Å²) in [7, 11) is 0. The number of halogens is 1. The third-order valence-corrected chi connectivity index (χ3v) is 7.98. The molecular weight excluding hydrogens is 455 g/mol. The van der Waals surface area contributed by atoms with E-state index in [1.165, 1.54) is 24.2 Å². The van der Waals surface area contributed by atoms with Crippen LogP contribution in [-0.2, 0) is 4.74 Å². The van der Waals surface area contributed by atoms with Crippen molar-refractivity contribution in [3.8, 4) is 5.88 Å². The molecule has 1 saturated carbocycles.